The summed E-state index contributed by atoms with van der Waals surface area (Å²) in [6.07, 6.45) is 3.75. The molecule has 26 heavy (non-hydrogen) atoms. The number of anilines is 1. The summed E-state index contributed by atoms with van der Waals surface area (Å²) >= 11 is 0. The minimum Gasteiger partial charge on any atom is -0.381 e. The molecule has 0 unspecified atom stereocenters. The Morgan fingerprint density at radius 3 is 2.31 bits per heavy atom. The monoisotopic (exact) mass is 398 g/mol. The van der Waals surface area contributed by atoms with Crippen molar-refractivity contribution < 1.29 is 21.6 Å². The highest BCUT2D eigenvalue weighted by molar-refractivity contribution is 7.93. The second-order valence-electron chi connectivity index (χ2n) is 5.72. The number of rotatable bonds is 6. The van der Waals surface area contributed by atoms with E-state index >= 15 is 0 Å². The Labute approximate surface area is 151 Å². The summed E-state index contributed by atoms with van der Waals surface area (Å²) in [5.41, 5.74) is 0.230. The summed E-state index contributed by atoms with van der Waals surface area (Å²) in [7, 11) is -7.79. The smallest absolute Gasteiger partial charge is 0.261 e. The van der Waals surface area contributed by atoms with Gasteiger partial charge in [-0.15, -0.1) is 0 Å². The van der Waals surface area contributed by atoms with E-state index in [2.05, 4.69) is 19.6 Å². The third-order valence-corrected chi connectivity index (χ3v) is 6.70. The predicted molar refractivity (Wildman–Crippen MR) is 93.4 cm³/mol. The largest absolute Gasteiger partial charge is 0.381 e. The van der Waals surface area contributed by atoms with Crippen LogP contribution in [0.2, 0.25) is 0 Å². The van der Waals surface area contributed by atoms with Gasteiger partial charge in [-0.3, -0.25) is 4.72 Å². The Morgan fingerprint density at radius 1 is 0.962 bits per heavy atom. The van der Waals surface area contributed by atoms with Gasteiger partial charge in [0.05, 0.1) is 27.9 Å². The molecule has 0 atom stereocenters. The van der Waals surface area contributed by atoms with Crippen LogP contribution >= 0.6 is 0 Å². The van der Waals surface area contributed by atoms with Crippen LogP contribution in [0, 0.1) is 0 Å². The Morgan fingerprint density at radius 2 is 1.65 bits per heavy atom. The number of ether oxygens (including phenoxy) is 1. The molecule has 0 saturated carbocycles. The van der Waals surface area contributed by atoms with Gasteiger partial charge >= 0.3 is 0 Å². The topological polar surface area (TPSA) is 127 Å². The van der Waals surface area contributed by atoms with Crippen LogP contribution < -0.4 is 9.44 Å². The summed E-state index contributed by atoms with van der Waals surface area (Å²) in [5.74, 6) is 0. The average Bonchev–Trinajstić information content (AvgIpc) is 2.63. The lowest BCUT2D eigenvalue weighted by molar-refractivity contribution is 0.0832. The van der Waals surface area contributed by atoms with Gasteiger partial charge in [0.15, 0.2) is 0 Å². The second kappa shape index (κ2) is 7.66. The molecule has 3 rings (SSSR count). The number of nitrogens with one attached hydrogen (secondary N) is 2. The molecule has 2 heterocycles. The molecule has 1 aliphatic heterocycles. The lowest BCUT2D eigenvalue weighted by Gasteiger charge is -2.23. The van der Waals surface area contributed by atoms with Crippen molar-refractivity contribution >= 4 is 25.7 Å². The quantitative estimate of drug-likeness (QED) is 0.734. The molecule has 0 aliphatic carbocycles. The van der Waals surface area contributed by atoms with Gasteiger partial charge in [0.2, 0.25) is 10.0 Å². The van der Waals surface area contributed by atoms with Crippen LogP contribution in [0.3, 0.4) is 0 Å². The van der Waals surface area contributed by atoms with Gasteiger partial charge in [-0.2, -0.15) is 10.2 Å². The van der Waals surface area contributed by atoms with E-state index in [1.54, 1.807) is 0 Å². The molecule has 140 valence electrons. The highest BCUT2D eigenvalue weighted by Crippen LogP contribution is 2.20. The first-order valence-corrected chi connectivity index (χ1v) is 10.8. The van der Waals surface area contributed by atoms with E-state index in [-0.39, 0.29) is 21.5 Å². The van der Waals surface area contributed by atoms with E-state index in [0.717, 1.165) is 6.07 Å². The van der Waals surface area contributed by atoms with Crippen molar-refractivity contribution in [3.63, 3.8) is 0 Å². The van der Waals surface area contributed by atoms with Gasteiger partial charge in [0.1, 0.15) is 0 Å². The lowest BCUT2D eigenvalue weighted by atomic mass is 10.1. The summed E-state index contributed by atoms with van der Waals surface area (Å²) < 4.78 is 60.2. The zero-order valence-electron chi connectivity index (χ0n) is 13.7. The second-order valence-corrected chi connectivity index (χ2v) is 9.12. The molecule has 1 aromatic carbocycles. The lowest BCUT2D eigenvalue weighted by Crippen LogP contribution is -2.38. The van der Waals surface area contributed by atoms with Crippen molar-refractivity contribution in [3.8, 4) is 0 Å². The van der Waals surface area contributed by atoms with Crippen molar-refractivity contribution in [1.29, 1.82) is 0 Å². The standard InChI is InChI=1S/C15H18N4O5S2/c20-25(21,18-12-5-8-24-9-6-12)14-2-1-3-15(10-14)26(22,23)19-13-4-7-16-17-11-13/h1-4,7,10-12,18H,5-6,8-9H2,(H,16,19). The molecule has 2 aromatic rings. The Bertz CT molecular complexity index is 959. The molecule has 0 radical (unpaired) electrons. The molecule has 1 aromatic heterocycles. The molecule has 1 fully saturated rings. The molecule has 1 saturated heterocycles. The first-order chi connectivity index (χ1) is 12.4. The first kappa shape index (κ1) is 18.7. The SMILES string of the molecule is O=S(=O)(Nc1ccnnc1)c1cccc(S(=O)(=O)NC2CCOCC2)c1. The number of benzene rings is 1. The highest BCUT2D eigenvalue weighted by Gasteiger charge is 2.24. The predicted octanol–water partition coefficient (Wildman–Crippen LogP) is 0.735. The van der Waals surface area contributed by atoms with E-state index < -0.39 is 20.0 Å². The maximum absolute atomic E-state index is 12.6. The fourth-order valence-electron chi connectivity index (χ4n) is 2.48. The average molecular weight is 398 g/mol. The Kier molecular flexibility index (Phi) is 5.51. The maximum atomic E-state index is 12.6. The van der Waals surface area contributed by atoms with Crippen LogP contribution in [-0.4, -0.2) is 46.3 Å². The molecule has 9 nitrogen and oxygen atoms in total. The minimum absolute atomic E-state index is 0.111. The van der Waals surface area contributed by atoms with Gasteiger partial charge in [0.25, 0.3) is 10.0 Å². The normalized spacial score (nSPS) is 16.3. The number of aromatic nitrogens is 2. The molecule has 1 aliphatic rings. The van der Waals surface area contributed by atoms with Crippen LogP contribution in [-0.2, 0) is 24.8 Å². The number of nitrogens with zero attached hydrogens (tertiary/aromatic N) is 2. The van der Waals surface area contributed by atoms with Crippen LogP contribution in [0.5, 0.6) is 0 Å². The van der Waals surface area contributed by atoms with E-state index in [1.165, 1.54) is 36.7 Å². The van der Waals surface area contributed by atoms with Gasteiger partial charge in [-0.25, -0.2) is 21.6 Å². The third kappa shape index (κ3) is 4.55. The van der Waals surface area contributed by atoms with Gasteiger partial charge in [-0.1, -0.05) is 6.07 Å². The van der Waals surface area contributed by atoms with E-state index in [4.69, 9.17) is 4.74 Å². The number of sulfonamides is 2. The minimum atomic E-state index is -3.96. The number of hydrogen-bond acceptors (Lipinski definition) is 7. The van der Waals surface area contributed by atoms with Crippen LogP contribution in [0.25, 0.3) is 0 Å². The van der Waals surface area contributed by atoms with E-state index in [1.807, 2.05) is 0 Å². The van der Waals surface area contributed by atoms with E-state index in [9.17, 15) is 16.8 Å². The highest BCUT2D eigenvalue weighted by atomic mass is 32.2. The third-order valence-electron chi connectivity index (χ3n) is 3.81. The molecule has 2 N–H and O–H groups in total. The fraction of sp³-hybridized carbons (Fsp3) is 0.333. The zero-order valence-corrected chi connectivity index (χ0v) is 15.3. The zero-order chi connectivity index (χ0) is 18.6. The molecule has 0 bridgehead atoms. The first-order valence-electron chi connectivity index (χ1n) is 7.86. The van der Waals surface area contributed by atoms with Crippen molar-refractivity contribution in [2.75, 3.05) is 17.9 Å². The van der Waals surface area contributed by atoms with Gasteiger partial charge < -0.3 is 4.74 Å². The number of hydrogen-bond donors (Lipinski definition) is 2. The van der Waals surface area contributed by atoms with Crippen molar-refractivity contribution in [3.05, 3.63) is 42.7 Å². The summed E-state index contributed by atoms with van der Waals surface area (Å²) in [5, 5.41) is 7.16. The van der Waals surface area contributed by atoms with E-state index in [0.29, 0.717) is 26.1 Å². The van der Waals surface area contributed by atoms with Crippen LogP contribution in [0.4, 0.5) is 5.69 Å². The summed E-state index contributed by atoms with van der Waals surface area (Å²) in [4.78, 5) is -0.274. The van der Waals surface area contributed by atoms with Crippen molar-refractivity contribution in [1.82, 2.24) is 14.9 Å². The molecule has 11 heteroatoms. The Balaban J connectivity index is 1.83. The van der Waals surface area contributed by atoms with Crippen LogP contribution in [0.15, 0.2) is 52.5 Å². The van der Waals surface area contributed by atoms with Crippen LogP contribution in [0.1, 0.15) is 12.8 Å². The maximum Gasteiger partial charge on any atom is 0.261 e. The molecule has 0 spiro atoms. The van der Waals surface area contributed by atoms with Gasteiger partial charge in [0, 0.05) is 19.3 Å². The molecule has 0 amide bonds. The van der Waals surface area contributed by atoms with Crippen molar-refractivity contribution in [2.45, 2.75) is 28.7 Å². The van der Waals surface area contributed by atoms with Gasteiger partial charge in [-0.05, 0) is 37.1 Å². The molecular weight excluding hydrogens is 380 g/mol. The fourth-order valence-corrected chi connectivity index (χ4v) is 4.99. The molecular formula is C15H18N4O5S2. The summed E-state index contributed by atoms with van der Waals surface area (Å²) in [6.45, 7) is 0.983. The Hall–Kier alpha value is -2.08. The van der Waals surface area contributed by atoms with Crippen molar-refractivity contribution in [2.24, 2.45) is 0 Å². The summed E-state index contributed by atoms with van der Waals surface area (Å²) in [6, 6.07) is 6.41.